The molecule has 1 saturated heterocycles. The van der Waals surface area contributed by atoms with Gasteiger partial charge in [-0.25, -0.2) is 4.98 Å². The van der Waals surface area contributed by atoms with Crippen molar-refractivity contribution in [3.63, 3.8) is 0 Å². The van der Waals surface area contributed by atoms with Crippen molar-refractivity contribution in [3.8, 4) is 0 Å². The highest BCUT2D eigenvalue weighted by Crippen LogP contribution is 2.21. The zero-order valence-electron chi connectivity index (χ0n) is 10.1. The number of hydrogen-bond acceptors (Lipinski definition) is 4. The summed E-state index contributed by atoms with van der Waals surface area (Å²) in [6.07, 6.45) is 3.93. The summed E-state index contributed by atoms with van der Waals surface area (Å²) in [5, 5.41) is 0. The Morgan fingerprint density at radius 1 is 1.56 bits per heavy atom. The van der Waals surface area contributed by atoms with E-state index in [1.807, 2.05) is 6.92 Å². The Balaban J connectivity index is 1.84. The van der Waals surface area contributed by atoms with Crippen LogP contribution in [0.2, 0.25) is 0 Å². The van der Waals surface area contributed by atoms with Gasteiger partial charge in [-0.1, -0.05) is 0 Å². The molecule has 2 heterocycles. The lowest BCUT2D eigenvalue weighted by Gasteiger charge is -2.33. The van der Waals surface area contributed by atoms with Gasteiger partial charge in [0.25, 0.3) is 0 Å². The zero-order chi connectivity index (χ0) is 11.5. The van der Waals surface area contributed by atoms with Crippen LogP contribution >= 0.6 is 0 Å². The number of oxazole rings is 1. The molecule has 0 saturated carbocycles. The number of piperidine rings is 1. The average Bonchev–Trinajstić information content (AvgIpc) is 2.65. The van der Waals surface area contributed by atoms with Crippen molar-refractivity contribution in [2.75, 3.05) is 13.1 Å². The van der Waals surface area contributed by atoms with Crippen LogP contribution in [0, 0.1) is 12.8 Å². The van der Waals surface area contributed by atoms with Gasteiger partial charge in [-0.2, -0.15) is 0 Å². The van der Waals surface area contributed by atoms with Gasteiger partial charge in [0.1, 0.15) is 5.76 Å². The summed E-state index contributed by atoms with van der Waals surface area (Å²) in [6.45, 7) is 7.24. The number of likely N-dealkylation sites (tertiary alicyclic amines) is 1. The third kappa shape index (κ3) is 2.62. The molecule has 0 aromatic carbocycles. The van der Waals surface area contributed by atoms with E-state index < -0.39 is 0 Å². The Bertz CT molecular complexity index is 327. The van der Waals surface area contributed by atoms with E-state index in [4.69, 9.17) is 10.2 Å². The molecule has 2 N–H and O–H groups in total. The summed E-state index contributed by atoms with van der Waals surface area (Å²) < 4.78 is 5.21. The predicted octanol–water partition coefficient (Wildman–Crippen LogP) is 1.54. The van der Waals surface area contributed by atoms with Gasteiger partial charge in [0, 0.05) is 12.6 Å². The summed E-state index contributed by atoms with van der Waals surface area (Å²) in [5.41, 5.74) is 7.00. The highest BCUT2D eigenvalue weighted by atomic mass is 16.3. The Morgan fingerprint density at radius 2 is 2.25 bits per heavy atom. The van der Waals surface area contributed by atoms with Crippen molar-refractivity contribution >= 4 is 0 Å². The van der Waals surface area contributed by atoms with E-state index in [0.717, 1.165) is 31.1 Å². The van der Waals surface area contributed by atoms with Gasteiger partial charge in [-0.15, -0.1) is 0 Å². The summed E-state index contributed by atoms with van der Waals surface area (Å²) in [4.78, 5) is 6.67. The van der Waals surface area contributed by atoms with E-state index in [-0.39, 0.29) is 0 Å². The SMILES string of the molecule is Cc1ocnc1CN1CCC(C(C)N)CC1. The van der Waals surface area contributed by atoms with Crippen molar-refractivity contribution in [3.05, 3.63) is 17.8 Å². The molecule has 4 heteroatoms. The first-order valence-electron chi connectivity index (χ1n) is 6.03. The molecule has 1 aromatic heterocycles. The first kappa shape index (κ1) is 11.6. The van der Waals surface area contributed by atoms with Gasteiger partial charge < -0.3 is 10.2 Å². The van der Waals surface area contributed by atoms with E-state index in [2.05, 4.69) is 16.8 Å². The van der Waals surface area contributed by atoms with Crippen LogP contribution in [0.25, 0.3) is 0 Å². The molecule has 1 aliphatic heterocycles. The van der Waals surface area contributed by atoms with Crippen LogP contribution < -0.4 is 5.73 Å². The summed E-state index contributed by atoms with van der Waals surface area (Å²) in [6, 6.07) is 0.330. The molecule has 0 bridgehead atoms. The molecular weight excluding hydrogens is 202 g/mol. The molecule has 0 spiro atoms. The molecule has 1 aromatic rings. The smallest absolute Gasteiger partial charge is 0.181 e. The third-order valence-electron chi connectivity index (χ3n) is 3.59. The largest absolute Gasteiger partial charge is 0.448 e. The van der Waals surface area contributed by atoms with Crippen molar-refractivity contribution in [2.45, 2.75) is 39.3 Å². The van der Waals surface area contributed by atoms with Crippen molar-refractivity contribution in [2.24, 2.45) is 11.7 Å². The number of aryl methyl sites for hydroxylation is 1. The normalized spacial score (nSPS) is 21.2. The molecule has 0 aliphatic carbocycles. The van der Waals surface area contributed by atoms with Gasteiger partial charge >= 0.3 is 0 Å². The molecule has 90 valence electrons. The van der Waals surface area contributed by atoms with Gasteiger partial charge in [0.15, 0.2) is 6.39 Å². The molecule has 1 aliphatic rings. The van der Waals surface area contributed by atoms with Gasteiger partial charge in [-0.3, -0.25) is 4.90 Å². The Labute approximate surface area is 96.8 Å². The Hall–Kier alpha value is -0.870. The molecule has 2 rings (SSSR count). The molecule has 1 unspecified atom stereocenters. The second-order valence-electron chi connectivity index (χ2n) is 4.83. The maximum absolute atomic E-state index is 5.93. The minimum atomic E-state index is 0.330. The van der Waals surface area contributed by atoms with Crippen LogP contribution in [0.4, 0.5) is 0 Å². The fraction of sp³-hybridized carbons (Fsp3) is 0.750. The molecule has 1 fully saturated rings. The molecule has 4 nitrogen and oxygen atoms in total. The summed E-state index contributed by atoms with van der Waals surface area (Å²) in [7, 11) is 0. The number of nitrogens with zero attached hydrogens (tertiary/aromatic N) is 2. The Kier molecular flexibility index (Phi) is 3.61. The van der Waals surface area contributed by atoms with Crippen molar-refractivity contribution < 1.29 is 4.42 Å². The maximum atomic E-state index is 5.93. The minimum Gasteiger partial charge on any atom is -0.448 e. The molecule has 1 atom stereocenters. The Morgan fingerprint density at radius 3 is 2.75 bits per heavy atom. The number of hydrogen-bond donors (Lipinski definition) is 1. The van der Waals surface area contributed by atoms with Gasteiger partial charge in [0.05, 0.1) is 5.69 Å². The highest BCUT2D eigenvalue weighted by molar-refractivity contribution is 5.04. The number of aromatic nitrogens is 1. The monoisotopic (exact) mass is 223 g/mol. The third-order valence-corrected chi connectivity index (χ3v) is 3.59. The topological polar surface area (TPSA) is 55.3 Å². The van der Waals surface area contributed by atoms with Crippen LogP contribution in [-0.2, 0) is 6.54 Å². The van der Waals surface area contributed by atoms with Crippen LogP contribution in [0.3, 0.4) is 0 Å². The number of rotatable bonds is 3. The van der Waals surface area contributed by atoms with E-state index in [0.29, 0.717) is 12.0 Å². The quantitative estimate of drug-likeness (QED) is 0.844. The minimum absolute atomic E-state index is 0.330. The van der Waals surface area contributed by atoms with E-state index in [1.54, 1.807) is 0 Å². The standard InChI is InChI=1S/C12H21N3O/c1-9(13)11-3-5-15(6-4-11)7-12-10(2)16-8-14-12/h8-9,11H,3-7,13H2,1-2H3. The fourth-order valence-corrected chi connectivity index (χ4v) is 2.33. The van der Waals surface area contributed by atoms with Crippen LogP contribution in [0.5, 0.6) is 0 Å². The lowest BCUT2D eigenvalue weighted by molar-refractivity contribution is 0.164. The van der Waals surface area contributed by atoms with Crippen molar-refractivity contribution in [1.29, 1.82) is 0 Å². The van der Waals surface area contributed by atoms with Crippen LogP contribution in [-0.4, -0.2) is 29.0 Å². The van der Waals surface area contributed by atoms with E-state index in [1.165, 1.54) is 19.2 Å². The molecule has 16 heavy (non-hydrogen) atoms. The molecule has 0 amide bonds. The first-order chi connectivity index (χ1) is 7.66. The fourth-order valence-electron chi connectivity index (χ4n) is 2.33. The highest BCUT2D eigenvalue weighted by Gasteiger charge is 2.22. The van der Waals surface area contributed by atoms with Crippen LogP contribution in [0.1, 0.15) is 31.2 Å². The lowest BCUT2D eigenvalue weighted by atomic mass is 9.91. The van der Waals surface area contributed by atoms with Crippen molar-refractivity contribution in [1.82, 2.24) is 9.88 Å². The van der Waals surface area contributed by atoms with Gasteiger partial charge in [0.2, 0.25) is 0 Å². The number of nitrogens with two attached hydrogens (primary N) is 1. The predicted molar refractivity (Wildman–Crippen MR) is 62.9 cm³/mol. The average molecular weight is 223 g/mol. The lowest BCUT2D eigenvalue weighted by Crippen LogP contribution is -2.39. The zero-order valence-corrected chi connectivity index (χ0v) is 10.1. The van der Waals surface area contributed by atoms with E-state index >= 15 is 0 Å². The second kappa shape index (κ2) is 4.97. The van der Waals surface area contributed by atoms with Gasteiger partial charge in [-0.05, 0) is 45.7 Å². The van der Waals surface area contributed by atoms with Crippen LogP contribution in [0.15, 0.2) is 10.8 Å². The second-order valence-corrected chi connectivity index (χ2v) is 4.83. The molecule has 0 radical (unpaired) electrons. The molecular formula is C12H21N3O. The summed E-state index contributed by atoms with van der Waals surface area (Å²) >= 11 is 0. The summed E-state index contributed by atoms with van der Waals surface area (Å²) in [5.74, 6) is 1.63. The first-order valence-corrected chi connectivity index (χ1v) is 6.03. The maximum Gasteiger partial charge on any atom is 0.181 e. The van der Waals surface area contributed by atoms with E-state index in [9.17, 15) is 0 Å².